The molecule has 1 fully saturated rings. The van der Waals surface area contributed by atoms with Crippen LogP contribution in [0.25, 0.3) is 0 Å². The first-order valence-electron chi connectivity index (χ1n) is 11.1. The fraction of sp³-hybridized carbons (Fsp3) is 0.320. The lowest BCUT2D eigenvalue weighted by atomic mass is 9.96. The number of hydrogen-bond donors (Lipinski definition) is 1. The molecule has 9 heteroatoms. The van der Waals surface area contributed by atoms with Crippen LogP contribution >= 0.6 is 0 Å². The lowest BCUT2D eigenvalue weighted by Crippen LogP contribution is -2.43. The maximum Gasteiger partial charge on any atom is 0.416 e. The second-order valence-corrected chi connectivity index (χ2v) is 8.40. The second-order valence-electron chi connectivity index (χ2n) is 8.40. The van der Waals surface area contributed by atoms with Crippen LogP contribution in [0.2, 0.25) is 0 Å². The Morgan fingerprint density at radius 1 is 1.06 bits per heavy atom. The van der Waals surface area contributed by atoms with E-state index in [0.717, 1.165) is 24.1 Å². The van der Waals surface area contributed by atoms with E-state index >= 15 is 0 Å². The molecular weight excluding hydrogens is 445 g/mol. The number of benzene rings is 2. The van der Waals surface area contributed by atoms with Crippen molar-refractivity contribution < 1.29 is 18.0 Å². The zero-order valence-electron chi connectivity index (χ0n) is 18.5. The Kier molecular flexibility index (Phi) is 7.00. The number of amides is 1. The summed E-state index contributed by atoms with van der Waals surface area (Å²) in [6, 6.07) is 16.0. The molecule has 6 nitrogen and oxygen atoms in total. The van der Waals surface area contributed by atoms with E-state index in [-0.39, 0.29) is 23.9 Å². The smallest absolute Gasteiger partial charge is 0.369 e. The van der Waals surface area contributed by atoms with E-state index in [1.807, 2.05) is 35.2 Å². The van der Waals surface area contributed by atoms with Gasteiger partial charge in [-0.25, -0.2) is 4.68 Å². The molecule has 1 aliphatic heterocycles. The molecule has 1 aliphatic rings. The lowest BCUT2D eigenvalue weighted by Gasteiger charge is -2.33. The van der Waals surface area contributed by atoms with Crippen LogP contribution in [0, 0.1) is 5.92 Å². The third-order valence-electron chi connectivity index (χ3n) is 5.91. The number of halogens is 3. The fourth-order valence-corrected chi connectivity index (χ4v) is 4.09. The summed E-state index contributed by atoms with van der Waals surface area (Å²) in [5, 5.41) is 7.05. The molecule has 2 heterocycles. The van der Waals surface area contributed by atoms with E-state index in [4.69, 9.17) is 0 Å². The third-order valence-corrected chi connectivity index (χ3v) is 5.91. The Morgan fingerprint density at radius 3 is 2.56 bits per heavy atom. The molecule has 0 spiro atoms. The minimum absolute atomic E-state index is 0.0241. The van der Waals surface area contributed by atoms with E-state index in [1.54, 1.807) is 12.3 Å². The number of hydrogen-bond acceptors (Lipinski definition) is 4. The van der Waals surface area contributed by atoms with E-state index in [9.17, 15) is 22.8 Å². The summed E-state index contributed by atoms with van der Waals surface area (Å²) in [6.45, 7) is 1.51. The molecule has 178 valence electrons. The van der Waals surface area contributed by atoms with Crippen LogP contribution in [-0.2, 0) is 24.1 Å². The molecule has 0 radical (unpaired) electrons. The van der Waals surface area contributed by atoms with Crippen molar-refractivity contribution in [3.63, 3.8) is 0 Å². The Balaban J connectivity index is 1.37. The first kappa shape index (κ1) is 23.5. The highest BCUT2D eigenvalue weighted by Gasteiger charge is 2.30. The predicted octanol–water partition coefficient (Wildman–Crippen LogP) is 3.84. The van der Waals surface area contributed by atoms with Crippen LogP contribution in [0.4, 0.5) is 18.9 Å². The topological polar surface area (TPSA) is 67.2 Å². The van der Waals surface area contributed by atoms with Gasteiger partial charge in [0, 0.05) is 25.7 Å². The predicted molar refractivity (Wildman–Crippen MR) is 122 cm³/mol. The van der Waals surface area contributed by atoms with Crippen molar-refractivity contribution in [1.29, 1.82) is 0 Å². The van der Waals surface area contributed by atoms with Gasteiger partial charge < -0.3 is 10.2 Å². The molecule has 34 heavy (non-hydrogen) atoms. The van der Waals surface area contributed by atoms with E-state index in [1.165, 1.54) is 16.8 Å². The molecular formula is C25H25F3N4O2. The van der Waals surface area contributed by atoms with Crippen LogP contribution in [0.3, 0.4) is 0 Å². The van der Waals surface area contributed by atoms with Gasteiger partial charge in [-0.1, -0.05) is 42.5 Å². The van der Waals surface area contributed by atoms with Crippen LogP contribution in [0.5, 0.6) is 0 Å². The number of rotatable bonds is 6. The van der Waals surface area contributed by atoms with E-state index < -0.39 is 11.7 Å². The largest absolute Gasteiger partial charge is 0.416 e. The van der Waals surface area contributed by atoms with Gasteiger partial charge in [0.2, 0.25) is 5.91 Å². The van der Waals surface area contributed by atoms with Gasteiger partial charge in [-0.05, 0) is 36.1 Å². The number of nitrogens with one attached hydrogen (secondary N) is 1. The van der Waals surface area contributed by atoms with Crippen molar-refractivity contribution in [3.05, 3.63) is 93.9 Å². The van der Waals surface area contributed by atoms with Gasteiger partial charge in [0.15, 0.2) is 0 Å². The Hall–Kier alpha value is -3.62. The molecule has 1 amide bonds. The molecule has 1 atom stereocenters. The summed E-state index contributed by atoms with van der Waals surface area (Å²) in [4.78, 5) is 27.2. The first-order chi connectivity index (χ1) is 16.3. The summed E-state index contributed by atoms with van der Waals surface area (Å²) >= 11 is 0. The molecule has 0 bridgehead atoms. The zero-order valence-corrected chi connectivity index (χ0v) is 18.5. The number of anilines is 1. The summed E-state index contributed by atoms with van der Waals surface area (Å²) in [6.07, 6.45) is -1.36. The highest BCUT2D eigenvalue weighted by atomic mass is 19.4. The molecule has 3 aromatic rings. The number of carbonyl (C=O) groups excluding carboxylic acids is 1. The first-order valence-corrected chi connectivity index (χ1v) is 11.1. The van der Waals surface area contributed by atoms with Crippen molar-refractivity contribution in [3.8, 4) is 0 Å². The molecule has 0 saturated carbocycles. The Morgan fingerprint density at radius 2 is 1.82 bits per heavy atom. The third kappa shape index (κ3) is 5.84. The highest BCUT2D eigenvalue weighted by Crippen LogP contribution is 2.29. The summed E-state index contributed by atoms with van der Waals surface area (Å²) in [5.41, 5.74) is 1.06. The maximum absolute atomic E-state index is 12.9. The minimum atomic E-state index is -4.42. The van der Waals surface area contributed by atoms with Crippen molar-refractivity contribution in [2.45, 2.75) is 32.1 Å². The minimum Gasteiger partial charge on any atom is -0.369 e. The molecule has 2 aromatic carbocycles. The van der Waals surface area contributed by atoms with Crippen LogP contribution < -0.4 is 15.8 Å². The maximum atomic E-state index is 12.9. The van der Waals surface area contributed by atoms with Crippen LogP contribution in [-0.4, -0.2) is 28.8 Å². The van der Waals surface area contributed by atoms with Gasteiger partial charge in [-0.2, -0.15) is 18.3 Å². The summed E-state index contributed by atoms with van der Waals surface area (Å²) < 4.78 is 40.1. The van der Waals surface area contributed by atoms with E-state index in [0.29, 0.717) is 37.3 Å². The van der Waals surface area contributed by atoms with Gasteiger partial charge in [0.1, 0.15) is 0 Å². The number of piperidine rings is 1. The Bertz CT molecular complexity index is 1190. The molecule has 1 aromatic heterocycles. The molecule has 4 rings (SSSR count). The lowest BCUT2D eigenvalue weighted by molar-refractivity contribution is -0.137. The van der Waals surface area contributed by atoms with E-state index in [2.05, 4.69) is 10.4 Å². The van der Waals surface area contributed by atoms with Crippen molar-refractivity contribution >= 4 is 11.6 Å². The number of carbonyl (C=O) groups is 1. The number of aromatic nitrogens is 2. The van der Waals surface area contributed by atoms with Crippen LogP contribution in [0.15, 0.2) is 71.7 Å². The quantitative estimate of drug-likeness (QED) is 0.595. The monoisotopic (exact) mass is 470 g/mol. The second kappa shape index (κ2) is 10.1. The Labute approximate surface area is 195 Å². The molecule has 0 aliphatic carbocycles. The number of alkyl halides is 3. The zero-order chi connectivity index (χ0) is 24.1. The fourth-order valence-electron chi connectivity index (χ4n) is 4.09. The van der Waals surface area contributed by atoms with Crippen molar-refractivity contribution in [1.82, 2.24) is 15.1 Å². The molecule has 1 N–H and O–H groups in total. The molecule has 0 unspecified atom stereocenters. The number of nitrogens with zero attached hydrogens (tertiary/aromatic N) is 3. The summed E-state index contributed by atoms with van der Waals surface area (Å²) in [7, 11) is 0. The van der Waals surface area contributed by atoms with Crippen molar-refractivity contribution in [2.24, 2.45) is 5.92 Å². The van der Waals surface area contributed by atoms with Gasteiger partial charge in [0.05, 0.1) is 29.9 Å². The average Bonchev–Trinajstić information content (AvgIpc) is 2.84. The van der Waals surface area contributed by atoms with Gasteiger partial charge in [0.25, 0.3) is 5.56 Å². The SMILES string of the molecule is O=C(NCc1cccc(C(F)(F)F)c1)[C@H]1CCCN(c2cnn(Cc3ccccc3)c(=O)c2)C1. The van der Waals surface area contributed by atoms with Gasteiger partial charge >= 0.3 is 6.18 Å². The normalized spacial score (nSPS) is 16.3. The van der Waals surface area contributed by atoms with Crippen molar-refractivity contribution in [2.75, 3.05) is 18.0 Å². The molecule has 1 saturated heterocycles. The van der Waals surface area contributed by atoms with Crippen LogP contribution in [0.1, 0.15) is 29.5 Å². The standard InChI is InChI=1S/C25H25F3N4O2/c26-25(27,28)21-10-4-8-19(12-21)14-29-24(34)20-9-5-11-31(17-20)22-13-23(33)32(30-15-22)16-18-6-2-1-3-7-18/h1-4,6-8,10,12-13,15,20H,5,9,11,14,16-17H2,(H,29,34)/t20-/m0/s1. The summed E-state index contributed by atoms with van der Waals surface area (Å²) in [5.74, 6) is -0.543. The van der Waals surface area contributed by atoms with Gasteiger partial charge in [-0.3, -0.25) is 9.59 Å². The van der Waals surface area contributed by atoms with Gasteiger partial charge in [-0.15, -0.1) is 0 Å². The highest BCUT2D eigenvalue weighted by molar-refractivity contribution is 5.79. The average molecular weight is 470 g/mol.